The average Bonchev–Trinajstić information content (AvgIpc) is 2.67. The summed E-state index contributed by atoms with van der Waals surface area (Å²) in [6.07, 6.45) is 2.15. The number of halogens is 1. The van der Waals surface area contributed by atoms with Crippen molar-refractivity contribution < 1.29 is 9.53 Å². The molecule has 134 valence electrons. The molecule has 0 heterocycles. The molecule has 2 aromatic rings. The van der Waals surface area contributed by atoms with Crippen LogP contribution in [0.2, 0.25) is 5.02 Å². The van der Waals surface area contributed by atoms with Gasteiger partial charge in [-0.15, -0.1) is 0 Å². The van der Waals surface area contributed by atoms with Crippen LogP contribution in [-0.4, -0.2) is 19.6 Å². The molecule has 0 aliphatic heterocycles. The van der Waals surface area contributed by atoms with Crippen LogP contribution in [0.25, 0.3) is 0 Å². The third-order valence-corrected chi connectivity index (χ3v) is 3.96. The molecule has 0 aliphatic rings. The van der Waals surface area contributed by atoms with Gasteiger partial charge in [-0.2, -0.15) is 5.26 Å². The number of methoxy groups -OCH3 is 1. The molecule has 26 heavy (non-hydrogen) atoms. The maximum Gasteiger partial charge on any atom is 0.263 e. The zero-order valence-corrected chi connectivity index (χ0v) is 15.2. The summed E-state index contributed by atoms with van der Waals surface area (Å²) in [6.45, 7) is 0.909. The van der Waals surface area contributed by atoms with Crippen molar-refractivity contribution in [3.63, 3.8) is 0 Å². The quantitative estimate of drug-likeness (QED) is 0.425. The standard InChI is InChI=1S/C20H20ClN3O2/c1-26-19-5-3-2-4-16(19)10-11-23-14-17(12-22)20(25)24-13-15-6-8-18(21)9-7-15/h2-9,14,23H,10-11,13H2,1H3,(H,24,25)/b17-14-. The molecule has 0 atom stereocenters. The van der Waals surface area contributed by atoms with Gasteiger partial charge in [-0.25, -0.2) is 0 Å². The predicted octanol–water partition coefficient (Wildman–Crippen LogP) is 3.20. The number of rotatable bonds is 8. The van der Waals surface area contributed by atoms with Crippen LogP contribution >= 0.6 is 11.6 Å². The molecule has 0 aromatic heterocycles. The number of nitrogens with zero attached hydrogens (tertiary/aromatic N) is 1. The number of hydrogen-bond acceptors (Lipinski definition) is 4. The first-order valence-corrected chi connectivity index (χ1v) is 8.50. The van der Waals surface area contributed by atoms with Crippen molar-refractivity contribution in [1.82, 2.24) is 10.6 Å². The van der Waals surface area contributed by atoms with E-state index in [9.17, 15) is 10.1 Å². The molecule has 6 heteroatoms. The van der Waals surface area contributed by atoms with Gasteiger partial charge in [0.2, 0.25) is 0 Å². The van der Waals surface area contributed by atoms with Gasteiger partial charge in [0.25, 0.3) is 5.91 Å². The number of carbonyl (C=O) groups is 1. The van der Waals surface area contributed by atoms with Gasteiger partial charge in [0, 0.05) is 24.3 Å². The molecular formula is C20H20ClN3O2. The minimum Gasteiger partial charge on any atom is -0.496 e. The molecule has 1 amide bonds. The van der Waals surface area contributed by atoms with Crippen molar-refractivity contribution in [2.75, 3.05) is 13.7 Å². The second kappa shape index (κ2) is 10.1. The number of nitrogens with one attached hydrogen (secondary N) is 2. The highest BCUT2D eigenvalue weighted by atomic mass is 35.5. The third-order valence-electron chi connectivity index (χ3n) is 3.71. The molecule has 2 rings (SSSR count). The Bertz CT molecular complexity index is 811. The van der Waals surface area contributed by atoms with E-state index in [0.29, 0.717) is 24.5 Å². The molecule has 2 aromatic carbocycles. The van der Waals surface area contributed by atoms with Crippen molar-refractivity contribution in [3.05, 3.63) is 76.5 Å². The fourth-order valence-corrected chi connectivity index (χ4v) is 2.44. The normalized spacial score (nSPS) is 10.7. The fourth-order valence-electron chi connectivity index (χ4n) is 2.32. The lowest BCUT2D eigenvalue weighted by molar-refractivity contribution is -0.117. The summed E-state index contributed by atoms with van der Waals surface area (Å²) in [5, 5.41) is 15.5. The molecule has 0 aliphatic carbocycles. The number of para-hydroxylation sites is 1. The summed E-state index contributed by atoms with van der Waals surface area (Å²) >= 11 is 5.83. The summed E-state index contributed by atoms with van der Waals surface area (Å²) in [6, 6.07) is 16.8. The van der Waals surface area contributed by atoms with E-state index in [2.05, 4.69) is 10.6 Å². The van der Waals surface area contributed by atoms with Crippen molar-refractivity contribution >= 4 is 17.5 Å². The van der Waals surface area contributed by atoms with Crippen LogP contribution in [0.3, 0.4) is 0 Å². The smallest absolute Gasteiger partial charge is 0.263 e. The topological polar surface area (TPSA) is 74.1 Å². The summed E-state index contributed by atoms with van der Waals surface area (Å²) in [5.41, 5.74) is 1.99. The molecule has 0 spiro atoms. The Morgan fingerprint density at radius 2 is 1.96 bits per heavy atom. The van der Waals surface area contributed by atoms with E-state index < -0.39 is 5.91 Å². The number of carbonyl (C=O) groups excluding carboxylic acids is 1. The van der Waals surface area contributed by atoms with E-state index in [-0.39, 0.29) is 5.57 Å². The highest BCUT2D eigenvalue weighted by Gasteiger charge is 2.08. The summed E-state index contributed by atoms with van der Waals surface area (Å²) in [7, 11) is 1.63. The molecule has 0 unspecified atom stereocenters. The number of nitriles is 1. The molecule has 0 fully saturated rings. The Morgan fingerprint density at radius 1 is 1.23 bits per heavy atom. The van der Waals surface area contributed by atoms with Crippen LogP contribution in [0.15, 0.2) is 60.3 Å². The molecule has 0 saturated carbocycles. The Balaban J connectivity index is 1.83. The van der Waals surface area contributed by atoms with Crippen LogP contribution < -0.4 is 15.4 Å². The van der Waals surface area contributed by atoms with E-state index in [1.807, 2.05) is 42.5 Å². The van der Waals surface area contributed by atoms with Gasteiger partial charge in [-0.05, 0) is 35.7 Å². The lowest BCUT2D eigenvalue weighted by atomic mass is 10.1. The van der Waals surface area contributed by atoms with E-state index in [0.717, 1.165) is 16.9 Å². The van der Waals surface area contributed by atoms with E-state index in [1.165, 1.54) is 6.20 Å². The Morgan fingerprint density at radius 3 is 2.65 bits per heavy atom. The third kappa shape index (κ3) is 5.83. The van der Waals surface area contributed by atoms with Crippen LogP contribution in [-0.2, 0) is 17.8 Å². The van der Waals surface area contributed by atoms with Crippen LogP contribution in [0.1, 0.15) is 11.1 Å². The van der Waals surface area contributed by atoms with Gasteiger partial charge < -0.3 is 15.4 Å². The van der Waals surface area contributed by atoms with Crippen molar-refractivity contribution in [2.45, 2.75) is 13.0 Å². The zero-order valence-electron chi connectivity index (χ0n) is 14.5. The maximum atomic E-state index is 12.1. The van der Waals surface area contributed by atoms with E-state index in [1.54, 1.807) is 19.2 Å². The van der Waals surface area contributed by atoms with Crippen molar-refractivity contribution in [1.29, 1.82) is 5.26 Å². The van der Waals surface area contributed by atoms with Gasteiger partial charge in [0.15, 0.2) is 0 Å². The van der Waals surface area contributed by atoms with Crippen LogP contribution in [0.4, 0.5) is 0 Å². The summed E-state index contributed by atoms with van der Waals surface area (Å²) in [4.78, 5) is 12.1. The van der Waals surface area contributed by atoms with E-state index >= 15 is 0 Å². The minimum atomic E-state index is -0.424. The Kier molecular flexibility index (Phi) is 7.53. The highest BCUT2D eigenvalue weighted by Crippen LogP contribution is 2.17. The minimum absolute atomic E-state index is 0.0268. The van der Waals surface area contributed by atoms with Gasteiger partial charge in [0.1, 0.15) is 17.4 Å². The zero-order chi connectivity index (χ0) is 18.8. The average molecular weight is 370 g/mol. The first-order valence-electron chi connectivity index (χ1n) is 8.12. The van der Waals surface area contributed by atoms with Crippen LogP contribution in [0, 0.1) is 11.3 Å². The van der Waals surface area contributed by atoms with Crippen LogP contribution in [0.5, 0.6) is 5.75 Å². The summed E-state index contributed by atoms with van der Waals surface area (Å²) in [5.74, 6) is 0.395. The maximum absolute atomic E-state index is 12.1. The van der Waals surface area contributed by atoms with Gasteiger partial charge >= 0.3 is 0 Å². The van der Waals surface area contributed by atoms with Gasteiger partial charge in [0.05, 0.1) is 7.11 Å². The number of benzene rings is 2. The number of hydrogen-bond donors (Lipinski definition) is 2. The van der Waals surface area contributed by atoms with E-state index in [4.69, 9.17) is 16.3 Å². The molecule has 0 bridgehead atoms. The molecule has 0 radical (unpaired) electrons. The molecular weight excluding hydrogens is 350 g/mol. The SMILES string of the molecule is COc1ccccc1CCN/C=C(/C#N)C(=O)NCc1ccc(Cl)cc1. The lowest BCUT2D eigenvalue weighted by Gasteiger charge is -2.08. The number of ether oxygens (including phenoxy) is 1. The summed E-state index contributed by atoms with van der Waals surface area (Å²) < 4.78 is 5.30. The molecule has 0 saturated heterocycles. The highest BCUT2D eigenvalue weighted by molar-refractivity contribution is 6.30. The number of amides is 1. The lowest BCUT2D eigenvalue weighted by Crippen LogP contribution is -2.25. The van der Waals surface area contributed by atoms with Crippen molar-refractivity contribution in [2.24, 2.45) is 0 Å². The van der Waals surface area contributed by atoms with Gasteiger partial charge in [-0.3, -0.25) is 4.79 Å². The largest absolute Gasteiger partial charge is 0.496 e. The fraction of sp³-hybridized carbons (Fsp3) is 0.200. The van der Waals surface area contributed by atoms with Gasteiger partial charge in [-0.1, -0.05) is 41.9 Å². The van der Waals surface area contributed by atoms with Crippen molar-refractivity contribution in [3.8, 4) is 11.8 Å². The molecule has 5 nitrogen and oxygen atoms in total. The first-order chi connectivity index (χ1) is 12.6. The first kappa shape index (κ1) is 19.4. The Labute approximate surface area is 158 Å². The monoisotopic (exact) mass is 369 g/mol. The molecule has 2 N–H and O–H groups in total. The predicted molar refractivity (Wildman–Crippen MR) is 102 cm³/mol. The second-order valence-corrected chi connectivity index (χ2v) is 5.93. The second-order valence-electron chi connectivity index (χ2n) is 5.49. The Hall–Kier alpha value is -2.97.